The van der Waals surface area contributed by atoms with E-state index in [0.29, 0.717) is 11.3 Å². The van der Waals surface area contributed by atoms with Gasteiger partial charge in [-0.3, -0.25) is 9.78 Å². The summed E-state index contributed by atoms with van der Waals surface area (Å²) >= 11 is 0. The van der Waals surface area contributed by atoms with E-state index in [0.717, 1.165) is 79.7 Å². The summed E-state index contributed by atoms with van der Waals surface area (Å²) in [5.74, 6) is 0.772. The Kier molecular flexibility index (Phi) is 8.73. The molecule has 39 heavy (non-hydrogen) atoms. The molecule has 1 amide bonds. The summed E-state index contributed by atoms with van der Waals surface area (Å²) in [6.45, 7) is 10.6. The van der Waals surface area contributed by atoms with Crippen molar-refractivity contribution >= 4 is 34.4 Å². The zero-order valence-corrected chi connectivity index (χ0v) is 23.0. The lowest BCUT2D eigenvalue weighted by atomic mass is 9.96. The Morgan fingerprint density at radius 1 is 0.949 bits per heavy atom. The fraction of sp³-hybridized carbons (Fsp3) is 0.387. The number of hydrogen-bond donors (Lipinski definition) is 3. The van der Waals surface area contributed by atoms with Gasteiger partial charge in [0.15, 0.2) is 0 Å². The van der Waals surface area contributed by atoms with Gasteiger partial charge in [0, 0.05) is 74.4 Å². The van der Waals surface area contributed by atoms with Crippen LogP contribution in [-0.4, -0.2) is 61.7 Å². The number of amides is 1. The highest BCUT2D eigenvalue weighted by Crippen LogP contribution is 2.32. The summed E-state index contributed by atoms with van der Waals surface area (Å²) in [5, 5.41) is 9.84. The molecule has 204 valence electrons. The third-order valence-corrected chi connectivity index (χ3v) is 7.44. The van der Waals surface area contributed by atoms with Crippen LogP contribution >= 0.6 is 0 Å². The molecule has 0 spiro atoms. The zero-order valence-electron chi connectivity index (χ0n) is 23.0. The second kappa shape index (κ2) is 12.8. The number of allylic oxidation sites excluding steroid dienone is 1. The largest absolute Gasteiger partial charge is 0.385 e. The average molecular weight is 526 g/mol. The van der Waals surface area contributed by atoms with Crippen molar-refractivity contribution in [1.82, 2.24) is 15.3 Å². The van der Waals surface area contributed by atoms with E-state index >= 15 is 0 Å². The quantitative estimate of drug-likeness (QED) is 0.356. The van der Waals surface area contributed by atoms with Gasteiger partial charge in [0.2, 0.25) is 0 Å². The monoisotopic (exact) mass is 525 g/mol. The van der Waals surface area contributed by atoms with Crippen molar-refractivity contribution in [2.75, 3.05) is 66.2 Å². The standard InChI is InChI=1S/C31H39N7O/c1-3-27(31(39)36-25-9-11-30(35-21-25)38-16-12-32-13-17-38)28-19-23(8-10-29(28)34-4-2)24-18-26(22-33-20-24)37-14-6-5-7-15-37/h3,8-11,18-22,32,34H,4-7,12-17H2,1-2H3,(H,36,39). The van der Waals surface area contributed by atoms with Crippen LogP contribution in [0.1, 0.15) is 38.7 Å². The number of anilines is 4. The first kappa shape index (κ1) is 26.7. The van der Waals surface area contributed by atoms with Gasteiger partial charge >= 0.3 is 0 Å². The van der Waals surface area contributed by atoms with E-state index < -0.39 is 0 Å². The number of carbonyl (C=O) groups is 1. The summed E-state index contributed by atoms with van der Waals surface area (Å²) in [4.78, 5) is 27.4. The maximum Gasteiger partial charge on any atom is 0.256 e. The van der Waals surface area contributed by atoms with Gasteiger partial charge < -0.3 is 25.8 Å². The topological polar surface area (TPSA) is 85.4 Å². The predicted molar refractivity (Wildman–Crippen MR) is 162 cm³/mol. The molecule has 1 aromatic carbocycles. The highest BCUT2D eigenvalue weighted by atomic mass is 16.1. The summed E-state index contributed by atoms with van der Waals surface area (Å²) in [7, 11) is 0. The maximum atomic E-state index is 13.5. The molecule has 8 nitrogen and oxygen atoms in total. The lowest BCUT2D eigenvalue weighted by Gasteiger charge is -2.28. The number of piperazine rings is 1. The molecule has 5 rings (SSSR count). The fourth-order valence-corrected chi connectivity index (χ4v) is 5.35. The second-order valence-corrected chi connectivity index (χ2v) is 10.1. The van der Waals surface area contributed by atoms with E-state index in [1.165, 1.54) is 19.3 Å². The third kappa shape index (κ3) is 6.40. The molecule has 2 aromatic heterocycles. The van der Waals surface area contributed by atoms with Crippen molar-refractivity contribution in [1.29, 1.82) is 0 Å². The van der Waals surface area contributed by atoms with E-state index in [1.54, 1.807) is 6.20 Å². The SMILES string of the molecule is CC=C(C(=O)Nc1ccc(N2CCNCC2)nc1)c1cc(-c2cncc(N3CCCCC3)c2)ccc1NCC. The van der Waals surface area contributed by atoms with Crippen LogP contribution in [0.5, 0.6) is 0 Å². The number of nitrogens with zero attached hydrogens (tertiary/aromatic N) is 4. The molecule has 2 aliphatic heterocycles. The first-order valence-corrected chi connectivity index (χ1v) is 14.1. The minimum atomic E-state index is -0.161. The number of carbonyl (C=O) groups excluding carboxylic acids is 1. The molecule has 3 N–H and O–H groups in total. The Hall–Kier alpha value is -3.91. The second-order valence-electron chi connectivity index (χ2n) is 10.1. The van der Waals surface area contributed by atoms with Gasteiger partial charge in [-0.05, 0) is 69.0 Å². The molecule has 2 fully saturated rings. The zero-order chi connectivity index (χ0) is 27.0. The van der Waals surface area contributed by atoms with Gasteiger partial charge in [-0.25, -0.2) is 4.98 Å². The molecule has 2 saturated heterocycles. The van der Waals surface area contributed by atoms with Crippen molar-refractivity contribution < 1.29 is 4.79 Å². The van der Waals surface area contributed by atoms with Gasteiger partial charge in [-0.2, -0.15) is 0 Å². The van der Waals surface area contributed by atoms with Gasteiger partial charge in [-0.15, -0.1) is 0 Å². The summed E-state index contributed by atoms with van der Waals surface area (Å²) in [6.07, 6.45) is 11.2. The highest BCUT2D eigenvalue weighted by Gasteiger charge is 2.18. The van der Waals surface area contributed by atoms with Crippen molar-refractivity contribution in [3.05, 3.63) is 66.6 Å². The molecule has 0 saturated carbocycles. The molecule has 8 heteroatoms. The maximum absolute atomic E-state index is 13.5. The molecule has 2 aliphatic rings. The Morgan fingerprint density at radius 3 is 2.49 bits per heavy atom. The van der Waals surface area contributed by atoms with Crippen molar-refractivity contribution in [2.24, 2.45) is 0 Å². The minimum absolute atomic E-state index is 0.161. The number of nitrogens with one attached hydrogen (secondary N) is 3. The van der Waals surface area contributed by atoms with E-state index in [1.807, 2.05) is 37.5 Å². The first-order chi connectivity index (χ1) is 19.2. The normalized spacial score (nSPS) is 16.2. The van der Waals surface area contributed by atoms with Crippen LogP contribution in [0.3, 0.4) is 0 Å². The van der Waals surface area contributed by atoms with Gasteiger partial charge in [0.05, 0.1) is 23.8 Å². The highest BCUT2D eigenvalue weighted by molar-refractivity contribution is 6.26. The van der Waals surface area contributed by atoms with Crippen LogP contribution in [0.15, 0.2) is 61.1 Å². The van der Waals surface area contributed by atoms with Crippen LogP contribution in [0, 0.1) is 0 Å². The van der Waals surface area contributed by atoms with Crippen LogP contribution in [0.4, 0.5) is 22.9 Å². The molecular formula is C31H39N7O. The van der Waals surface area contributed by atoms with E-state index in [-0.39, 0.29) is 5.91 Å². The molecule has 0 unspecified atom stereocenters. The summed E-state index contributed by atoms with van der Waals surface area (Å²) in [5.41, 5.74) is 6.32. The summed E-state index contributed by atoms with van der Waals surface area (Å²) in [6, 6.07) is 12.4. The minimum Gasteiger partial charge on any atom is -0.385 e. The van der Waals surface area contributed by atoms with Crippen LogP contribution in [0.2, 0.25) is 0 Å². The van der Waals surface area contributed by atoms with Gasteiger partial charge in [0.1, 0.15) is 5.82 Å². The number of rotatable bonds is 8. The number of piperidine rings is 1. The summed E-state index contributed by atoms with van der Waals surface area (Å²) < 4.78 is 0. The Balaban J connectivity index is 1.38. The first-order valence-electron chi connectivity index (χ1n) is 14.1. The Morgan fingerprint density at radius 2 is 1.77 bits per heavy atom. The Bertz CT molecular complexity index is 1290. The molecule has 0 radical (unpaired) electrons. The Labute approximate surface area is 231 Å². The van der Waals surface area contributed by atoms with Crippen LogP contribution in [-0.2, 0) is 4.79 Å². The average Bonchev–Trinajstić information content (AvgIpc) is 3.00. The lowest BCUT2D eigenvalue weighted by Crippen LogP contribution is -2.43. The van der Waals surface area contributed by atoms with Crippen LogP contribution < -0.4 is 25.8 Å². The molecular weight excluding hydrogens is 486 g/mol. The van der Waals surface area contributed by atoms with Crippen molar-refractivity contribution in [3.8, 4) is 11.1 Å². The lowest BCUT2D eigenvalue weighted by molar-refractivity contribution is -0.111. The number of aromatic nitrogens is 2. The van der Waals surface area contributed by atoms with Crippen molar-refractivity contribution in [3.63, 3.8) is 0 Å². The van der Waals surface area contributed by atoms with Crippen LogP contribution in [0.25, 0.3) is 16.7 Å². The fourth-order valence-electron chi connectivity index (χ4n) is 5.35. The molecule has 4 heterocycles. The van der Waals surface area contributed by atoms with E-state index in [4.69, 9.17) is 0 Å². The molecule has 0 atom stereocenters. The number of benzene rings is 1. The van der Waals surface area contributed by atoms with Crippen molar-refractivity contribution in [2.45, 2.75) is 33.1 Å². The molecule has 3 aromatic rings. The number of pyridine rings is 2. The predicted octanol–water partition coefficient (Wildman–Crippen LogP) is 5.02. The molecule has 0 aliphatic carbocycles. The van der Waals surface area contributed by atoms with E-state index in [9.17, 15) is 4.79 Å². The molecule has 0 bridgehead atoms. The van der Waals surface area contributed by atoms with Gasteiger partial charge in [-0.1, -0.05) is 12.1 Å². The van der Waals surface area contributed by atoms with E-state index in [2.05, 4.69) is 66.9 Å². The third-order valence-electron chi connectivity index (χ3n) is 7.44. The smallest absolute Gasteiger partial charge is 0.256 e. The number of hydrogen-bond acceptors (Lipinski definition) is 7. The van der Waals surface area contributed by atoms with Gasteiger partial charge in [0.25, 0.3) is 5.91 Å².